The Labute approximate surface area is 105 Å². The average molecular weight is 244 g/mol. The van der Waals surface area contributed by atoms with Crippen LogP contribution in [0.15, 0.2) is 0 Å². The predicted molar refractivity (Wildman–Crippen MR) is 70.2 cm³/mol. The third-order valence-electron chi connectivity index (χ3n) is 3.06. The van der Waals surface area contributed by atoms with Gasteiger partial charge in [0.2, 0.25) is 0 Å². The van der Waals surface area contributed by atoms with E-state index in [1.54, 1.807) is 0 Å². The minimum absolute atomic E-state index is 0.533. The Kier molecular flexibility index (Phi) is 6.41. The molecule has 0 bridgehead atoms. The van der Waals surface area contributed by atoms with Crippen molar-refractivity contribution in [2.75, 3.05) is 45.9 Å². The number of aliphatic hydroxyl groups is 1. The minimum Gasteiger partial charge on any atom is -0.389 e. The van der Waals surface area contributed by atoms with Crippen LogP contribution in [-0.4, -0.2) is 61.5 Å². The topological polar surface area (TPSA) is 44.7 Å². The molecule has 1 rings (SSSR count). The molecule has 2 N–H and O–H groups in total. The Balaban J connectivity index is 2.06. The Hall–Kier alpha value is -0.160. The fourth-order valence-electron chi connectivity index (χ4n) is 2.37. The Morgan fingerprint density at radius 3 is 2.59 bits per heavy atom. The molecular weight excluding hydrogens is 216 g/mol. The van der Waals surface area contributed by atoms with E-state index in [-0.39, 0.29) is 0 Å². The first-order chi connectivity index (χ1) is 7.99. The maximum absolute atomic E-state index is 10.1. The van der Waals surface area contributed by atoms with Gasteiger partial charge in [-0.15, -0.1) is 0 Å². The van der Waals surface area contributed by atoms with Crippen molar-refractivity contribution in [1.82, 2.24) is 10.2 Å². The zero-order chi connectivity index (χ0) is 12.7. The number of ether oxygens (including phenoxy) is 1. The lowest BCUT2D eigenvalue weighted by molar-refractivity contribution is 0.0295. The van der Waals surface area contributed by atoms with Gasteiger partial charge in [-0.2, -0.15) is 0 Å². The molecule has 1 aliphatic heterocycles. The maximum atomic E-state index is 10.1. The van der Waals surface area contributed by atoms with E-state index >= 15 is 0 Å². The molecule has 0 aromatic carbocycles. The highest BCUT2D eigenvalue weighted by Crippen LogP contribution is 2.14. The van der Waals surface area contributed by atoms with E-state index in [9.17, 15) is 5.11 Å². The van der Waals surface area contributed by atoms with Gasteiger partial charge >= 0.3 is 0 Å². The molecule has 1 aliphatic rings. The van der Waals surface area contributed by atoms with Crippen molar-refractivity contribution in [3.05, 3.63) is 0 Å². The summed E-state index contributed by atoms with van der Waals surface area (Å²) in [6, 6.07) is 0. The highest BCUT2D eigenvalue weighted by Gasteiger charge is 2.21. The van der Waals surface area contributed by atoms with Gasteiger partial charge in [0.15, 0.2) is 0 Å². The molecular formula is C13H28N2O2. The Morgan fingerprint density at radius 2 is 2.00 bits per heavy atom. The summed E-state index contributed by atoms with van der Waals surface area (Å²) < 4.78 is 5.30. The Bertz CT molecular complexity index is 202. The van der Waals surface area contributed by atoms with E-state index in [0.29, 0.717) is 12.5 Å². The quantitative estimate of drug-likeness (QED) is 0.647. The summed E-state index contributed by atoms with van der Waals surface area (Å²) in [5.41, 5.74) is -0.584. The number of nitrogens with zero attached hydrogens (tertiary/aromatic N) is 1. The van der Waals surface area contributed by atoms with Gasteiger partial charge in [-0.25, -0.2) is 0 Å². The fraction of sp³-hybridized carbons (Fsp3) is 1.00. The average Bonchev–Trinajstić information content (AvgIpc) is 2.24. The third-order valence-corrected chi connectivity index (χ3v) is 3.06. The minimum atomic E-state index is -0.584. The second-order valence-corrected chi connectivity index (χ2v) is 5.73. The molecule has 0 aromatic heterocycles. The third kappa shape index (κ3) is 6.99. The van der Waals surface area contributed by atoms with Gasteiger partial charge in [0.1, 0.15) is 0 Å². The first-order valence-corrected chi connectivity index (χ1v) is 6.73. The highest BCUT2D eigenvalue weighted by molar-refractivity contribution is 4.77. The number of morpholine rings is 1. The molecule has 1 unspecified atom stereocenters. The van der Waals surface area contributed by atoms with Gasteiger partial charge in [0, 0.05) is 32.7 Å². The standard InChI is InChI=1S/C13H28N2O2/c1-12(2)10-13(3,16)11-14-4-5-15-6-8-17-9-7-15/h12,14,16H,4-11H2,1-3H3. The van der Waals surface area contributed by atoms with E-state index in [0.717, 1.165) is 45.8 Å². The molecule has 1 heterocycles. The summed E-state index contributed by atoms with van der Waals surface area (Å²) >= 11 is 0. The van der Waals surface area contributed by atoms with Crippen molar-refractivity contribution < 1.29 is 9.84 Å². The monoisotopic (exact) mass is 244 g/mol. The molecule has 0 aromatic rings. The van der Waals surface area contributed by atoms with Crippen molar-refractivity contribution in [1.29, 1.82) is 0 Å². The molecule has 17 heavy (non-hydrogen) atoms. The maximum Gasteiger partial charge on any atom is 0.0746 e. The van der Waals surface area contributed by atoms with Gasteiger partial charge in [-0.05, 0) is 19.3 Å². The fourth-order valence-corrected chi connectivity index (χ4v) is 2.37. The zero-order valence-corrected chi connectivity index (χ0v) is 11.5. The van der Waals surface area contributed by atoms with Crippen LogP contribution in [0, 0.1) is 5.92 Å². The zero-order valence-electron chi connectivity index (χ0n) is 11.5. The molecule has 4 nitrogen and oxygen atoms in total. The van der Waals surface area contributed by atoms with Crippen LogP contribution >= 0.6 is 0 Å². The van der Waals surface area contributed by atoms with Crippen LogP contribution in [0.3, 0.4) is 0 Å². The largest absolute Gasteiger partial charge is 0.389 e. The lowest BCUT2D eigenvalue weighted by atomic mass is 9.94. The first kappa shape index (κ1) is 14.9. The molecule has 0 aliphatic carbocycles. The second kappa shape index (κ2) is 7.31. The Morgan fingerprint density at radius 1 is 1.35 bits per heavy atom. The molecule has 0 spiro atoms. The summed E-state index contributed by atoms with van der Waals surface area (Å²) in [7, 11) is 0. The van der Waals surface area contributed by atoms with Gasteiger partial charge in [-0.3, -0.25) is 4.90 Å². The van der Waals surface area contributed by atoms with E-state index in [2.05, 4.69) is 24.1 Å². The molecule has 0 saturated carbocycles. The summed E-state index contributed by atoms with van der Waals surface area (Å²) in [5.74, 6) is 0.533. The molecule has 4 heteroatoms. The van der Waals surface area contributed by atoms with Crippen LogP contribution in [0.2, 0.25) is 0 Å². The molecule has 102 valence electrons. The van der Waals surface area contributed by atoms with Gasteiger partial charge in [-0.1, -0.05) is 13.8 Å². The SMILES string of the molecule is CC(C)CC(C)(O)CNCCN1CCOCC1. The number of hydrogen-bond acceptors (Lipinski definition) is 4. The number of rotatable bonds is 7. The lowest BCUT2D eigenvalue weighted by Gasteiger charge is -2.28. The number of hydrogen-bond donors (Lipinski definition) is 2. The van der Waals surface area contributed by atoms with Crippen molar-refractivity contribution in [3.63, 3.8) is 0 Å². The summed E-state index contributed by atoms with van der Waals surface area (Å²) in [4.78, 5) is 2.40. The second-order valence-electron chi connectivity index (χ2n) is 5.73. The van der Waals surface area contributed by atoms with E-state index in [1.165, 1.54) is 0 Å². The van der Waals surface area contributed by atoms with E-state index in [4.69, 9.17) is 4.74 Å². The molecule has 1 fully saturated rings. The van der Waals surface area contributed by atoms with Crippen LogP contribution in [-0.2, 0) is 4.74 Å². The molecule has 0 amide bonds. The van der Waals surface area contributed by atoms with Crippen molar-refractivity contribution in [2.24, 2.45) is 5.92 Å². The van der Waals surface area contributed by atoms with E-state index in [1.807, 2.05) is 6.92 Å². The molecule has 0 radical (unpaired) electrons. The van der Waals surface area contributed by atoms with Crippen LogP contribution in [0.1, 0.15) is 27.2 Å². The number of nitrogens with one attached hydrogen (secondary N) is 1. The van der Waals surface area contributed by atoms with Crippen LogP contribution in [0.4, 0.5) is 0 Å². The first-order valence-electron chi connectivity index (χ1n) is 6.73. The van der Waals surface area contributed by atoms with Gasteiger partial charge in [0.25, 0.3) is 0 Å². The summed E-state index contributed by atoms with van der Waals surface area (Å²) in [6.07, 6.45) is 0.845. The normalized spacial score (nSPS) is 21.7. The van der Waals surface area contributed by atoms with Gasteiger partial charge in [0.05, 0.1) is 18.8 Å². The lowest BCUT2D eigenvalue weighted by Crippen LogP contribution is -2.44. The molecule has 1 saturated heterocycles. The molecule has 1 atom stereocenters. The summed E-state index contributed by atoms with van der Waals surface area (Å²) in [6.45, 7) is 12.6. The predicted octanol–water partition coefficient (Wildman–Crippen LogP) is 0.705. The van der Waals surface area contributed by atoms with Crippen LogP contribution in [0.5, 0.6) is 0 Å². The highest BCUT2D eigenvalue weighted by atomic mass is 16.5. The van der Waals surface area contributed by atoms with Crippen molar-refractivity contribution in [2.45, 2.75) is 32.8 Å². The summed E-state index contributed by atoms with van der Waals surface area (Å²) in [5, 5.41) is 13.5. The van der Waals surface area contributed by atoms with Gasteiger partial charge < -0.3 is 15.2 Å². The smallest absolute Gasteiger partial charge is 0.0746 e. The van der Waals surface area contributed by atoms with Crippen molar-refractivity contribution in [3.8, 4) is 0 Å². The van der Waals surface area contributed by atoms with Crippen molar-refractivity contribution >= 4 is 0 Å². The van der Waals surface area contributed by atoms with E-state index < -0.39 is 5.60 Å². The van der Waals surface area contributed by atoms with Crippen LogP contribution < -0.4 is 5.32 Å². The van der Waals surface area contributed by atoms with Crippen LogP contribution in [0.25, 0.3) is 0 Å².